The molecule has 4 aromatic rings. The third-order valence-corrected chi connectivity index (χ3v) is 5.06. The fraction of sp³-hybridized carbons (Fsp3) is 0.250. The van der Waals surface area contributed by atoms with Gasteiger partial charge in [0.2, 0.25) is 0 Å². The Bertz CT molecular complexity index is 1200. The van der Waals surface area contributed by atoms with Crippen LogP contribution in [-0.4, -0.2) is 39.2 Å². The van der Waals surface area contributed by atoms with E-state index in [-0.39, 0.29) is 11.9 Å². The number of nitrogens with one attached hydrogen (secondary N) is 1. The minimum absolute atomic E-state index is 0.184. The van der Waals surface area contributed by atoms with Gasteiger partial charge in [-0.05, 0) is 55.8 Å². The van der Waals surface area contributed by atoms with Gasteiger partial charge < -0.3 is 14.8 Å². The molecule has 32 heavy (non-hydrogen) atoms. The van der Waals surface area contributed by atoms with Crippen molar-refractivity contribution in [1.82, 2.24) is 24.9 Å². The molecule has 164 valence electrons. The topological polar surface area (TPSA) is 90.6 Å². The molecule has 4 rings (SSSR count). The fourth-order valence-electron chi connectivity index (χ4n) is 3.23. The Morgan fingerprint density at radius 3 is 2.56 bits per heavy atom. The summed E-state index contributed by atoms with van der Waals surface area (Å²) in [6, 6.07) is 16.5. The molecule has 2 aromatic carbocycles. The second-order valence-electron chi connectivity index (χ2n) is 7.30. The van der Waals surface area contributed by atoms with Gasteiger partial charge in [0.25, 0.3) is 5.91 Å². The number of aromatic nitrogens is 4. The van der Waals surface area contributed by atoms with Crippen LogP contribution in [0, 0.1) is 0 Å². The summed E-state index contributed by atoms with van der Waals surface area (Å²) in [5.41, 5.74) is 3.99. The van der Waals surface area contributed by atoms with Crippen molar-refractivity contribution in [3.8, 4) is 17.0 Å². The Morgan fingerprint density at radius 1 is 1.12 bits per heavy atom. The number of carbonyl (C=O) groups excluding carboxylic acids is 1. The van der Waals surface area contributed by atoms with Gasteiger partial charge in [0.1, 0.15) is 12.1 Å². The largest absolute Gasteiger partial charge is 0.497 e. The standard InChI is InChI=1S/C24H25N5O3/c1-4-32-14-17-5-7-19(8-6-17)24(30)26-16(2)23-27-22-13-21(25-15-29(22)28-23)18-9-11-20(31-3)12-10-18/h5-13,15-16H,4,14H2,1-3H3,(H,26,30)/t16-/m0/s1. The normalized spacial score (nSPS) is 12.0. The number of ether oxygens (including phenoxy) is 2. The Morgan fingerprint density at radius 2 is 1.88 bits per heavy atom. The average Bonchev–Trinajstić information content (AvgIpc) is 3.27. The Labute approximate surface area is 186 Å². The number of nitrogens with zero attached hydrogens (tertiary/aromatic N) is 4. The average molecular weight is 431 g/mol. The first-order chi connectivity index (χ1) is 15.6. The molecular weight excluding hydrogens is 406 g/mol. The zero-order chi connectivity index (χ0) is 22.5. The predicted octanol–water partition coefficient (Wildman–Crippen LogP) is 3.83. The van der Waals surface area contributed by atoms with E-state index in [2.05, 4.69) is 20.4 Å². The second kappa shape index (κ2) is 9.57. The number of hydrogen-bond acceptors (Lipinski definition) is 6. The van der Waals surface area contributed by atoms with Crippen molar-refractivity contribution in [3.63, 3.8) is 0 Å². The zero-order valence-corrected chi connectivity index (χ0v) is 18.3. The molecule has 0 saturated carbocycles. The van der Waals surface area contributed by atoms with Gasteiger partial charge in [-0.15, -0.1) is 5.10 Å². The molecule has 8 nitrogen and oxygen atoms in total. The number of fused-ring (bicyclic) bond motifs is 1. The van der Waals surface area contributed by atoms with Crippen LogP contribution in [0.15, 0.2) is 60.9 Å². The van der Waals surface area contributed by atoms with E-state index < -0.39 is 0 Å². The van der Waals surface area contributed by atoms with Crippen molar-refractivity contribution < 1.29 is 14.3 Å². The first-order valence-electron chi connectivity index (χ1n) is 10.4. The minimum Gasteiger partial charge on any atom is -0.497 e. The second-order valence-corrected chi connectivity index (χ2v) is 7.30. The van der Waals surface area contributed by atoms with Gasteiger partial charge in [-0.2, -0.15) is 0 Å². The van der Waals surface area contributed by atoms with Crippen LogP contribution in [0.4, 0.5) is 0 Å². The highest BCUT2D eigenvalue weighted by atomic mass is 16.5. The van der Waals surface area contributed by atoms with Crippen molar-refractivity contribution in [2.45, 2.75) is 26.5 Å². The number of hydrogen-bond donors (Lipinski definition) is 1. The van der Waals surface area contributed by atoms with Crippen LogP contribution < -0.4 is 10.1 Å². The first-order valence-corrected chi connectivity index (χ1v) is 10.4. The lowest BCUT2D eigenvalue weighted by Gasteiger charge is -2.11. The van der Waals surface area contributed by atoms with E-state index in [0.29, 0.717) is 30.2 Å². The number of benzene rings is 2. The molecule has 0 aliphatic heterocycles. The lowest BCUT2D eigenvalue weighted by molar-refractivity contribution is 0.0938. The van der Waals surface area contributed by atoms with Gasteiger partial charge in [-0.1, -0.05) is 12.1 Å². The van der Waals surface area contributed by atoms with E-state index in [1.165, 1.54) is 0 Å². The van der Waals surface area contributed by atoms with Crippen LogP contribution in [0.2, 0.25) is 0 Å². The Kier molecular flexibility index (Phi) is 6.42. The summed E-state index contributed by atoms with van der Waals surface area (Å²) in [5, 5.41) is 7.41. The molecule has 0 radical (unpaired) electrons. The predicted molar refractivity (Wildman–Crippen MR) is 120 cm³/mol. The van der Waals surface area contributed by atoms with Crippen LogP contribution in [0.1, 0.15) is 41.6 Å². The van der Waals surface area contributed by atoms with E-state index in [0.717, 1.165) is 22.6 Å². The summed E-state index contributed by atoms with van der Waals surface area (Å²) in [5.74, 6) is 1.12. The monoisotopic (exact) mass is 431 g/mol. The number of carbonyl (C=O) groups is 1. The van der Waals surface area contributed by atoms with Crippen molar-refractivity contribution in [3.05, 3.63) is 77.9 Å². The molecule has 0 bridgehead atoms. The molecule has 1 amide bonds. The maximum atomic E-state index is 12.6. The number of methoxy groups -OCH3 is 1. The first kappa shape index (κ1) is 21.5. The van der Waals surface area contributed by atoms with Gasteiger partial charge in [0.15, 0.2) is 11.5 Å². The Balaban J connectivity index is 1.47. The molecule has 1 atom stereocenters. The lowest BCUT2D eigenvalue weighted by Crippen LogP contribution is -2.27. The summed E-state index contributed by atoms with van der Waals surface area (Å²) < 4.78 is 12.2. The Hall–Kier alpha value is -3.78. The quantitative estimate of drug-likeness (QED) is 0.456. The fourth-order valence-corrected chi connectivity index (χ4v) is 3.23. The van der Waals surface area contributed by atoms with E-state index >= 15 is 0 Å². The summed E-state index contributed by atoms with van der Waals surface area (Å²) in [6.45, 7) is 5.00. The van der Waals surface area contributed by atoms with Gasteiger partial charge in [-0.25, -0.2) is 14.5 Å². The highest BCUT2D eigenvalue weighted by Crippen LogP contribution is 2.22. The summed E-state index contributed by atoms with van der Waals surface area (Å²) in [4.78, 5) is 21.7. The summed E-state index contributed by atoms with van der Waals surface area (Å²) >= 11 is 0. The summed E-state index contributed by atoms with van der Waals surface area (Å²) in [7, 11) is 1.63. The molecule has 0 fully saturated rings. The zero-order valence-electron chi connectivity index (χ0n) is 18.3. The van der Waals surface area contributed by atoms with Gasteiger partial charge in [0.05, 0.1) is 25.5 Å². The molecule has 0 saturated heterocycles. The van der Waals surface area contributed by atoms with Crippen LogP contribution in [-0.2, 0) is 11.3 Å². The molecule has 8 heteroatoms. The molecule has 1 N–H and O–H groups in total. The van der Waals surface area contributed by atoms with E-state index in [1.807, 2.05) is 56.3 Å². The van der Waals surface area contributed by atoms with E-state index in [4.69, 9.17) is 9.47 Å². The highest BCUT2D eigenvalue weighted by molar-refractivity contribution is 5.94. The molecular formula is C24H25N5O3. The third kappa shape index (κ3) is 4.76. The highest BCUT2D eigenvalue weighted by Gasteiger charge is 2.16. The van der Waals surface area contributed by atoms with Crippen molar-refractivity contribution in [2.24, 2.45) is 0 Å². The molecule has 2 aromatic heterocycles. The van der Waals surface area contributed by atoms with Crippen LogP contribution in [0.3, 0.4) is 0 Å². The molecule has 0 aliphatic carbocycles. The SMILES string of the molecule is CCOCc1ccc(C(=O)N[C@@H](C)c2nc3cc(-c4ccc(OC)cc4)ncn3n2)cc1. The minimum atomic E-state index is -0.366. The number of rotatable bonds is 8. The third-order valence-electron chi connectivity index (χ3n) is 5.06. The van der Waals surface area contributed by atoms with E-state index in [1.54, 1.807) is 30.1 Å². The maximum absolute atomic E-state index is 12.6. The van der Waals surface area contributed by atoms with Gasteiger partial charge in [0, 0.05) is 23.8 Å². The maximum Gasteiger partial charge on any atom is 0.251 e. The number of amides is 1. The van der Waals surface area contributed by atoms with Crippen LogP contribution in [0.5, 0.6) is 5.75 Å². The van der Waals surface area contributed by atoms with Crippen LogP contribution >= 0.6 is 0 Å². The van der Waals surface area contributed by atoms with Crippen molar-refractivity contribution in [1.29, 1.82) is 0 Å². The molecule has 0 spiro atoms. The summed E-state index contributed by atoms with van der Waals surface area (Å²) in [6.07, 6.45) is 1.62. The molecule has 0 aliphatic rings. The van der Waals surface area contributed by atoms with Gasteiger partial charge >= 0.3 is 0 Å². The molecule has 0 unspecified atom stereocenters. The van der Waals surface area contributed by atoms with E-state index in [9.17, 15) is 4.79 Å². The van der Waals surface area contributed by atoms with Crippen LogP contribution in [0.25, 0.3) is 16.9 Å². The molecule has 2 heterocycles. The van der Waals surface area contributed by atoms with Crippen molar-refractivity contribution >= 4 is 11.6 Å². The van der Waals surface area contributed by atoms with Gasteiger partial charge in [-0.3, -0.25) is 4.79 Å². The van der Waals surface area contributed by atoms with Crippen molar-refractivity contribution in [2.75, 3.05) is 13.7 Å². The lowest BCUT2D eigenvalue weighted by atomic mass is 10.1. The smallest absolute Gasteiger partial charge is 0.251 e.